The van der Waals surface area contributed by atoms with E-state index in [2.05, 4.69) is 5.32 Å². The Morgan fingerprint density at radius 2 is 1.92 bits per heavy atom. The number of nitrogens with one attached hydrogen (secondary N) is 1. The van der Waals surface area contributed by atoms with Crippen molar-refractivity contribution in [3.8, 4) is 11.5 Å². The van der Waals surface area contributed by atoms with E-state index in [1.807, 2.05) is 48.2 Å². The van der Waals surface area contributed by atoms with Gasteiger partial charge in [-0.05, 0) is 44.2 Å². The van der Waals surface area contributed by atoms with Gasteiger partial charge in [-0.1, -0.05) is 29.8 Å². The Bertz CT molecular complexity index is 789. The van der Waals surface area contributed by atoms with E-state index >= 15 is 0 Å². The lowest BCUT2D eigenvalue weighted by Gasteiger charge is -2.16. The van der Waals surface area contributed by atoms with E-state index < -0.39 is 5.97 Å². The molecule has 3 rings (SSSR count). The lowest BCUT2D eigenvalue weighted by Crippen LogP contribution is -2.32. The second kappa shape index (κ2) is 8.01. The highest BCUT2D eigenvalue weighted by atomic mass is 16.5. The molecule has 0 bridgehead atoms. The van der Waals surface area contributed by atoms with Gasteiger partial charge in [0.1, 0.15) is 5.75 Å². The molecule has 0 aromatic heterocycles. The first-order valence-electron chi connectivity index (χ1n) is 8.60. The first kappa shape index (κ1) is 17.9. The van der Waals surface area contributed by atoms with Crippen LogP contribution < -0.4 is 10.1 Å². The number of aliphatic carboxylic acids is 1. The molecule has 6 heteroatoms. The van der Waals surface area contributed by atoms with E-state index in [0.717, 1.165) is 5.56 Å². The molecule has 2 aromatic rings. The fourth-order valence-corrected chi connectivity index (χ4v) is 2.96. The number of anilines is 1. The SMILES string of the molecule is Cc1ccc(Oc2ccccc2NC(=O)CN2CCC(C(=O)O)C2)cc1. The molecule has 1 fully saturated rings. The minimum Gasteiger partial charge on any atom is -0.481 e. The van der Waals surface area contributed by atoms with Crippen LogP contribution in [0, 0.1) is 12.8 Å². The van der Waals surface area contributed by atoms with Crippen molar-refractivity contribution in [2.24, 2.45) is 5.92 Å². The Hall–Kier alpha value is -2.86. The fraction of sp³-hybridized carbons (Fsp3) is 0.300. The molecule has 0 radical (unpaired) electrons. The maximum atomic E-state index is 12.3. The molecule has 2 aromatic carbocycles. The summed E-state index contributed by atoms with van der Waals surface area (Å²) >= 11 is 0. The van der Waals surface area contributed by atoms with Gasteiger partial charge in [0.25, 0.3) is 0 Å². The third-order valence-electron chi connectivity index (χ3n) is 4.40. The van der Waals surface area contributed by atoms with Crippen molar-refractivity contribution in [1.29, 1.82) is 0 Å². The van der Waals surface area contributed by atoms with E-state index in [0.29, 0.717) is 36.7 Å². The van der Waals surface area contributed by atoms with Crippen LogP contribution in [0.25, 0.3) is 0 Å². The molecule has 0 spiro atoms. The maximum Gasteiger partial charge on any atom is 0.307 e. The number of amides is 1. The van der Waals surface area contributed by atoms with Crippen LogP contribution in [-0.2, 0) is 9.59 Å². The Morgan fingerprint density at radius 3 is 2.62 bits per heavy atom. The third-order valence-corrected chi connectivity index (χ3v) is 4.40. The summed E-state index contributed by atoms with van der Waals surface area (Å²) in [4.78, 5) is 25.2. The van der Waals surface area contributed by atoms with E-state index in [4.69, 9.17) is 9.84 Å². The quantitative estimate of drug-likeness (QED) is 0.833. The molecule has 26 heavy (non-hydrogen) atoms. The summed E-state index contributed by atoms with van der Waals surface area (Å²) in [5.41, 5.74) is 1.73. The van der Waals surface area contributed by atoms with Crippen molar-refractivity contribution < 1.29 is 19.4 Å². The van der Waals surface area contributed by atoms with Crippen LogP contribution in [-0.4, -0.2) is 41.5 Å². The molecule has 1 aliphatic heterocycles. The molecule has 1 atom stereocenters. The first-order valence-corrected chi connectivity index (χ1v) is 8.60. The average Bonchev–Trinajstić information content (AvgIpc) is 3.07. The number of likely N-dealkylation sites (tertiary alicyclic amines) is 1. The number of carbonyl (C=O) groups is 2. The standard InChI is InChI=1S/C20H22N2O4/c1-14-6-8-16(9-7-14)26-18-5-3-2-4-17(18)21-19(23)13-22-11-10-15(12-22)20(24)25/h2-9,15H,10-13H2,1H3,(H,21,23)(H,24,25). The molecule has 1 aliphatic rings. The molecule has 2 N–H and O–H groups in total. The number of aryl methyl sites for hydroxylation is 1. The van der Waals surface area contributed by atoms with E-state index in [9.17, 15) is 9.59 Å². The Balaban J connectivity index is 1.62. The van der Waals surface area contributed by atoms with Gasteiger partial charge in [-0.3, -0.25) is 14.5 Å². The number of carboxylic acid groups (broad SMARTS) is 1. The van der Waals surface area contributed by atoms with Crippen molar-refractivity contribution in [2.75, 3.05) is 25.0 Å². The first-order chi connectivity index (χ1) is 12.5. The van der Waals surface area contributed by atoms with E-state index in [1.54, 1.807) is 12.1 Å². The summed E-state index contributed by atoms with van der Waals surface area (Å²) < 4.78 is 5.88. The number of ether oxygens (including phenoxy) is 1. The van der Waals surface area contributed by atoms with Gasteiger partial charge in [-0.15, -0.1) is 0 Å². The lowest BCUT2D eigenvalue weighted by atomic mass is 10.1. The van der Waals surface area contributed by atoms with Gasteiger partial charge >= 0.3 is 5.97 Å². The number of benzene rings is 2. The van der Waals surface area contributed by atoms with Crippen LogP contribution in [0.3, 0.4) is 0 Å². The number of carboxylic acids is 1. The van der Waals surface area contributed by atoms with Crippen LogP contribution in [0.4, 0.5) is 5.69 Å². The zero-order valence-corrected chi connectivity index (χ0v) is 14.6. The number of rotatable bonds is 6. The van der Waals surface area contributed by atoms with Gasteiger partial charge in [-0.2, -0.15) is 0 Å². The summed E-state index contributed by atoms with van der Waals surface area (Å²) in [5, 5.41) is 11.9. The number of hydrogen-bond donors (Lipinski definition) is 2. The minimum atomic E-state index is -0.801. The second-order valence-electron chi connectivity index (χ2n) is 6.52. The van der Waals surface area contributed by atoms with Crippen LogP contribution in [0.15, 0.2) is 48.5 Å². The average molecular weight is 354 g/mol. The number of nitrogens with zero attached hydrogens (tertiary/aromatic N) is 1. The van der Waals surface area contributed by atoms with Crippen molar-refractivity contribution >= 4 is 17.6 Å². The highest BCUT2D eigenvalue weighted by Crippen LogP contribution is 2.29. The minimum absolute atomic E-state index is 0.169. The summed E-state index contributed by atoms with van der Waals surface area (Å²) in [7, 11) is 0. The maximum absolute atomic E-state index is 12.3. The third kappa shape index (κ3) is 4.61. The monoisotopic (exact) mass is 354 g/mol. The summed E-state index contributed by atoms with van der Waals surface area (Å²) in [6.07, 6.45) is 0.579. The summed E-state index contributed by atoms with van der Waals surface area (Å²) in [6.45, 7) is 3.20. The van der Waals surface area contributed by atoms with Gasteiger partial charge < -0.3 is 15.2 Å². The largest absolute Gasteiger partial charge is 0.481 e. The van der Waals surface area contributed by atoms with Crippen LogP contribution in [0.2, 0.25) is 0 Å². The topological polar surface area (TPSA) is 78.9 Å². The zero-order valence-electron chi connectivity index (χ0n) is 14.6. The normalized spacial score (nSPS) is 17.0. The van der Waals surface area contributed by atoms with Gasteiger partial charge in [0.15, 0.2) is 5.75 Å². The zero-order chi connectivity index (χ0) is 18.5. The highest BCUT2D eigenvalue weighted by Gasteiger charge is 2.29. The Kier molecular flexibility index (Phi) is 5.53. The molecule has 1 heterocycles. The molecular formula is C20H22N2O4. The predicted octanol–water partition coefficient (Wildman–Crippen LogP) is 3.13. The van der Waals surface area contributed by atoms with Crippen molar-refractivity contribution in [3.05, 3.63) is 54.1 Å². The Labute approximate surface area is 152 Å². The van der Waals surface area contributed by atoms with Crippen LogP contribution in [0.1, 0.15) is 12.0 Å². The van der Waals surface area contributed by atoms with Crippen molar-refractivity contribution in [3.63, 3.8) is 0 Å². The van der Waals surface area contributed by atoms with Gasteiger partial charge in [0, 0.05) is 6.54 Å². The summed E-state index contributed by atoms with van der Waals surface area (Å²) in [5.74, 6) is -0.114. The molecule has 6 nitrogen and oxygen atoms in total. The van der Waals surface area contributed by atoms with Crippen LogP contribution in [0.5, 0.6) is 11.5 Å². The number of hydrogen-bond acceptors (Lipinski definition) is 4. The van der Waals surface area contributed by atoms with Gasteiger partial charge in [0.05, 0.1) is 18.2 Å². The smallest absolute Gasteiger partial charge is 0.307 e. The lowest BCUT2D eigenvalue weighted by molar-refractivity contribution is -0.141. The predicted molar refractivity (Wildman–Crippen MR) is 98.5 cm³/mol. The molecule has 136 valence electrons. The number of carbonyl (C=O) groups excluding carboxylic acids is 1. The molecule has 0 saturated carbocycles. The van der Waals surface area contributed by atoms with E-state index in [-0.39, 0.29) is 18.4 Å². The van der Waals surface area contributed by atoms with Gasteiger partial charge in [0.2, 0.25) is 5.91 Å². The molecule has 0 aliphatic carbocycles. The second-order valence-corrected chi connectivity index (χ2v) is 6.52. The number of para-hydroxylation sites is 2. The molecule has 1 saturated heterocycles. The van der Waals surface area contributed by atoms with Crippen LogP contribution >= 0.6 is 0 Å². The van der Waals surface area contributed by atoms with Gasteiger partial charge in [-0.25, -0.2) is 0 Å². The highest BCUT2D eigenvalue weighted by molar-refractivity contribution is 5.93. The fourth-order valence-electron chi connectivity index (χ4n) is 2.96. The van der Waals surface area contributed by atoms with E-state index in [1.165, 1.54) is 0 Å². The Morgan fingerprint density at radius 1 is 1.19 bits per heavy atom. The molecule has 1 amide bonds. The van der Waals surface area contributed by atoms with Crippen molar-refractivity contribution in [1.82, 2.24) is 4.90 Å². The summed E-state index contributed by atoms with van der Waals surface area (Å²) in [6, 6.07) is 14.9. The van der Waals surface area contributed by atoms with Crippen molar-refractivity contribution in [2.45, 2.75) is 13.3 Å². The molecular weight excluding hydrogens is 332 g/mol. The molecule has 1 unspecified atom stereocenters.